The lowest BCUT2D eigenvalue weighted by Crippen LogP contribution is -2.09. The zero-order valence-electron chi connectivity index (χ0n) is 12.8. The average Bonchev–Trinajstić information content (AvgIpc) is 3.09. The van der Waals surface area contributed by atoms with Gasteiger partial charge in [0.2, 0.25) is 5.56 Å². The number of benzene rings is 1. The maximum Gasteiger partial charge on any atom is 0.340 e. The number of nitrogens with zero attached hydrogens (tertiary/aromatic N) is 1. The van der Waals surface area contributed by atoms with Crippen molar-refractivity contribution in [2.45, 2.75) is 6.61 Å². The molecule has 0 spiro atoms. The molecule has 122 valence electrons. The van der Waals surface area contributed by atoms with Gasteiger partial charge in [-0.25, -0.2) is 4.79 Å². The molecule has 0 amide bonds. The van der Waals surface area contributed by atoms with Gasteiger partial charge in [-0.05, 0) is 30.3 Å². The van der Waals surface area contributed by atoms with Gasteiger partial charge in [0, 0.05) is 23.9 Å². The number of esters is 1. The summed E-state index contributed by atoms with van der Waals surface area (Å²) < 4.78 is 15.5. The lowest BCUT2D eigenvalue weighted by molar-refractivity contribution is 0.0464. The van der Waals surface area contributed by atoms with Crippen LogP contribution >= 0.6 is 0 Å². The first kappa shape index (κ1) is 15.5. The Morgan fingerprint density at radius 1 is 1.21 bits per heavy atom. The second-order valence-electron chi connectivity index (χ2n) is 4.93. The molecule has 0 aliphatic carbocycles. The van der Waals surface area contributed by atoms with Gasteiger partial charge < -0.3 is 19.0 Å². The Morgan fingerprint density at radius 3 is 2.67 bits per heavy atom. The van der Waals surface area contributed by atoms with E-state index in [0.29, 0.717) is 11.5 Å². The number of H-pyrrole nitrogens is 1. The summed E-state index contributed by atoms with van der Waals surface area (Å²) in [4.78, 5) is 25.2. The third kappa shape index (κ3) is 3.52. The van der Waals surface area contributed by atoms with Crippen molar-refractivity contribution in [3.8, 4) is 17.1 Å². The van der Waals surface area contributed by atoms with Gasteiger partial charge in [-0.2, -0.15) is 0 Å². The fourth-order valence-electron chi connectivity index (χ4n) is 2.03. The van der Waals surface area contributed by atoms with Gasteiger partial charge in [-0.15, -0.1) is 0 Å². The van der Waals surface area contributed by atoms with Gasteiger partial charge in [0.05, 0.1) is 12.7 Å². The minimum atomic E-state index is -0.555. The van der Waals surface area contributed by atoms with E-state index >= 15 is 0 Å². The number of methoxy groups -OCH3 is 1. The lowest BCUT2D eigenvalue weighted by Gasteiger charge is -2.01. The number of rotatable bonds is 5. The zero-order chi connectivity index (χ0) is 16.9. The van der Waals surface area contributed by atoms with Crippen molar-refractivity contribution in [2.75, 3.05) is 7.11 Å². The summed E-state index contributed by atoms with van der Waals surface area (Å²) in [5.41, 5.74) is 1.29. The fraction of sp³-hybridized carbons (Fsp3) is 0.118. The third-order valence-electron chi connectivity index (χ3n) is 3.30. The largest absolute Gasteiger partial charge is 0.497 e. The Hall–Kier alpha value is -3.35. The molecule has 0 saturated heterocycles. The summed E-state index contributed by atoms with van der Waals surface area (Å²) in [7, 11) is 1.60. The number of carbonyl (C=O) groups excluding carboxylic acids is 1. The van der Waals surface area contributed by atoms with Crippen LogP contribution in [0.3, 0.4) is 0 Å². The summed E-state index contributed by atoms with van der Waals surface area (Å²) in [5.74, 6) is 0.751. The Morgan fingerprint density at radius 2 is 2.00 bits per heavy atom. The van der Waals surface area contributed by atoms with Crippen LogP contribution in [0, 0.1) is 0 Å². The van der Waals surface area contributed by atoms with Crippen molar-refractivity contribution in [1.82, 2.24) is 10.1 Å². The number of ether oxygens (including phenoxy) is 2. The molecular formula is C17H14N2O5. The van der Waals surface area contributed by atoms with Gasteiger partial charge in [0.25, 0.3) is 0 Å². The van der Waals surface area contributed by atoms with Crippen LogP contribution in [0.4, 0.5) is 0 Å². The van der Waals surface area contributed by atoms with E-state index in [4.69, 9.17) is 14.0 Å². The standard InChI is InChI=1S/C17H14N2O5/c1-22-14-5-2-11(3-6-14)15-8-13(19-24-15)10-23-17(21)12-4-7-16(20)18-9-12/h2-9H,10H2,1H3,(H,18,20). The van der Waals surface area contributed by atoms with Gasteiger partial charge >= 0.3 is 5.97 Å². The molecule has 7 nitrogen and oxygen atoms in total. The van der Waals surface area contributed by atoms with E-state index in [1.165, 1.54) is 18.3 Å². The maximum absolute atomic E-state index is 11.9. The predicted octanol–water partition coefficient (Wildman–Crippen LogP) is 2.40. The number of hydrogen-bond acceptors (Lipinski definition) is 6. The predicted molar refractivity (Wildman–Crippen MR) is 84.7 cm³/mol. The quantitative estimate of drug-likeness (QED) is 0.724. The van der Waals surface area contributed by atoms with E-state index in [9.17, 15) is 9.59 Å². The molecule has 1 N–H and O–H groups in total. The summed E-state index contributed by atoms with van der Waals surface area (Å²) in [6.07, 6.45) is 1.30. The second-order valence-corrected chi connectivity index (χ2v) is 4.93. The van der Waals surface area contributed by atoms with Crippen LogP contribution < -0.4 is 10.3 Å². The molecule has 3 aromatic rings. The average molecular weight is 326 g/mol. The van der Waals surface area contributed by atoms with Crippen LogP contribution in [0.25, 0.3) is 11.3 Å². The van der Waals surface area contributed by atoms with Gasteiger partial charge in [0.15, 0.2) is 5.76 Å². The topological polar surface area (TPSA) is 94.4 Å². The highest BCUT2D eigenvalue weighted by Crippen LogP contribution is 2.23. The van der Waals surface area contributed by atoms with Crippen molar-refractivity contribution in [3.05, 3.63) is 70.3 Å². The minimum absolute atomic E-state index is 0.0301. The van der Waals surface area contributed by atoms with Gasteiger partial charge in [-0.1, -0.05) is 5.16 Å². The molecule has 2 heterocycles. The minimum Gasteiger partial charge on any atom is -0.497 e. The first-order valence-corrected chi connectivity index (χ1v) is 7.11. The number of aromatic amines is 1. The van der Waals surface area contributed by atoms with Crippen molar-refractivity contribution in [1.29, 1.82) is 0 Å². The van der Waals surface area contributed by atoms with E-state index < -0.39 is 5.97 Å². The van der Waals surface area contributed by atoms with Crippen LogP contribution in [0.15, 0.2) is 58.0 Å². The maximum atomic E-state index is 11.9. The summed E-state index contributed by atoms with van der Waals surface area (Å²) >= 11 is 0. The van der Waals surface area contributed by atoms with Crippen LogP contribution in [-0.2, 0) is 11.3 Å². The Balaban J connectivity index is 1.64. The summed E-state index contributed by atoms with van der Waals surface area (Å²) in [5, 5.41) is 3.87. The molecule has 1 aromatic carbocycles. The molecule has 0 bridgehead atoms. The van der Waals surface area contributed by atoms with Crippen LogP contribution in [-0.4, -0.2) is 23.2 Å². The number of carbonyl (C=O) groups is 1. The summed E-state index contributed by atoms with van der Waals surface area (Å²) in [6.45, 7) is -0.0301. The third-order valence-corrected chi connectivity index (χ3v) is 3.30. The molecule has 0 aliphatic heterocycles. The molecular weight excluding hydrogens is 312 g/mol. The van der Waals surface area contributed by atoms with Crippen molar-refractivity contribution in [2.24, 2.45) is 0 Å². The van der Waals surface area contributed by atoms with Crippen molar-refractivity contribution < 1.29 is 18.8 Å². The van der Waals surface area contributed by atoms with E-state index in [0.717, 1.165) is 11.3 Å². The number of hydrogen-bond donors (Lipinski definition) is 1. The molecule has 7 heteroatoms. The molecule has 0 atom stereocenters. The van der Waals surface area contributed by atoms with Crippen LogP contribution in [0.5, 0.6) is 5.75 Å². The first-order chi connectivity index (χ1) is 11.7. The summed E-state index contributed by atoms with van der Waals surface area (Å²) in [6, 6.07) is 11.7. The van der Waals surface area contributed by atoms with E-state index in [1.807, 2.05) is 24.3 Å². The normalized spacial score (nSPS) is 10.4. The van der Waals surface area contributed by atoms with Crippen molar-refractivity contribution >= 4 is 5.97 Å². The van der Waals surface area contributed by atoms with Gasteiger partial charge in [0.1, 0.15) is 18.1 Å². The van der Waals surface area contributed by atoms with E-state index in [-0.39, 0.29) is 17.7 Å². The zero-order valence-corrected chi connectivity index (χ0v) is 12.8. The number of nitrogens with one attached hydrogen (secondary N) is 1. The Kier molecular flexibility index (Phi) is 4.42. The number of aromatic nitrogens is 2. The van der Waals surface area contributed by atoms with Crippen molar-refractivity contribution in [3.63, 3.8) is 0 Å². The van der Waals surface area contributed by atoms with E-state index in [2.05, 4.69) is 10.1 Å². The SMILES string of the molecule is COc1ccc(-c2cc(COC(=O)c3ccc(=O)[nH]c3)no2)cc1. The monoisotopic (exact) mass is 326 g/mol. The van der Waals surface area contributed by atoms with Crippen LogP contribution in [0.1, 0.15) is 16.1 Å². The molecule has 3 rings (SSSR count). The van der Waals surface area contributed by atoms with Gasteiger partial charge in [-0.3, -0.25) is 4.79 Å². The molecule has 0 saturated carbocycles. The molecule has 0 radical (unpaired) electrons. The molecule has 24 heavy (non-hydrogen) atoms. The van der Waals surface area contributed by atoms with Crippen LogP contribution in [0.2, 0.25) is 0 Å². The Labute approximate surface area is 136 Å². The smallest absolute Gasteiger partial charge is 0.340 e. The second kappa shape index (κ2) is 6.82. The fourth-order valence-corrected chi connectivity index (χ4v) is 2.03. The molecule has 2 aromatic heterocycles. The first-order valence-electron chi connectivity index (χ1n) is 7.11. The molecule has 0 fully saturated rings. The molecule has 0 unspecified atom stereocenters. The molecule has 0 aliphatic rings. The highest BCUT2D eigenvalue weighted by Gasteiger charge is 2.11. The highest BCUT2D eigenvalue weighted by atomic mass is 16.5. The van der Waals surface area contributed by atoms with E-state index in [1.54, 1.807) is 13.2 Å². The number of pyridine rings is 1. The lowest BCUT2D eigenvalue weighted by atomic mass is 10.1. The Bertz CT molecular complexity index is 875. The highest BCUT2D eigenvalue weighted by molar-refractivity contribution is 5.88.